The van der Waals surface area contributed by atoms with Crippen molar-refractivity contribution in [3.05, 3.63) is 10.6 Å². The summed E-state index contributed by atoms with van der Waals surface area (Å²) in [5.41, 5.74) is 1.19. The lowest BCUT2D eigenvalue weighted by molar-refractivity contribution is 0.576. The van der Waals surface area contributed by atoms with E-state index >= 15 is 0 Å². The maximum atomic E-state index is 4.71. The Balaban J connectivity index is 2.16. The lowest BCUT2D eigenvalue weighted by atomic mass is 10.1. The van der Waals surface area contributed by atoms with Crippen LogP contribution in [0, 0.1) is 6.92 Å². The van der Waals surface area contributed by atoms with Crippen molar-refractivity contribution in [3.8, 4) is 0 Å². The molecule has 1 fully saturated rings. The van der Waals surface area contributed by atoms with Gasteiger partial charge in [0.05, 0.1) is 5.69 Å². The Kier molecular flexibility index (Phi) is 3.82. The largest absolute Gasteiger partial charge is 0.348 e. The molecule has 1 unspecified atom stereocenters. The molecular formula is C12H21N3S. The molecule has 1 saturated heterocycles. The Morgan fingerprint density at radius 3 is 2.62 bits per heavy atom. The van der Waals surface area contributed by atoms with Crippen molar-refractivity contribution < 1.29 is 0 Å². The predicted octanol–water partition coefficient (Wildman–Crippen LogP) is 2.72. The average molecular weight is 239 g/mol. The number of piperidine rings is 1. The Bertz CT molecular complexity index is 342. The topological polar surface area (TPSA) is 28.2 Å². The summed E-state index contributed by atoms with van der Waals surface area (Å²) < 4.78 is 0. The Morgan fingerprint density at radius 1 is 1.31 bits per heavy atom. The van der Waals surface area contributed by atoms with Gasteiger partial charge < -0.3 is 10.2 Å². The SMILES string of the molecule is CNC(C)c1sc(N2CCCCC2)nc1C. The van der Waals surface area contributed by atoms with Crippen LogP contribution in [0.25, 0.3) is 0 Å². The molecule has 90 valence electrons. The van der Waals surface area contributed by atoms with E-state index in [1.54, 1.807) is 0 Å². The summed E-state index contributed by atoms with van der Waals surface area (Å²) in [6.07, 6.45) is 4.01. The van der Waals surface area contributed by atoms with E-state index in [0.717, 1.165) is 0 Å². The monoisotopic (exact) mass is 239 g/mol. The van der Waals surface area contributed by atoms with Crippen LogP contribution in [0.1, 0.15) is 42.8 Å². The highest BCUT2D eigenvalue weighted by Crippen LogP contribution is 2.31. The lowest BCUT2D eigenvalue weighted by Gasteiger charge is -2.25. The fourth-order valence-corrected chi connectivity index (χ4v) is 3.33. The summed E-state index contributed by atoms with van der Waals surface area (Å²) in [5.74, 6) is 0. The van der Waals surface area contributed by atoms with Gasteiger partial charge in [-0.1, -0.05) is 0 Å². The first-order valence-electron chi connectivity index (χ1n) is 6.12. The quantitative estimate of drug-likeness (QED) is 0.879. The number of anilines is 1. The third-order valence-corrected chi connectivity index (χ3v) is 4.68. The van der Waals surface area contributed by atoms with Gasteiger partial charge in [-0.2, -0.15) is 0 Å². The average Bonchev–Trinajstić information content (AvgIpc) is 2.71. The molecule has 0 radical (unpaired) electrons. The Morgan fingerprint density at radius 2 is 2.00 bits per heavy atom. The van der Waals surface area contributed by atoms with Gasteiger partial charge in [0.25, 0.3) is 0 Å². The third-order valence-electron chi connectivity index (χ3n) is 3.27. The number of rotatable bonds is 3. The highest BCUT2D eigenvalue weighted by atomic mass is 32.1. The second kappa shape index (κ2) is 5.15. The standard InChI is InChI=1S/C12H21N3S/c1-9(13-3)11-10(2)14-12(16-11)15-7-5-4-6-8-15/h9,13H,4-8H2,1-3H3. The van der Waals surface area contributed by atoms with Gasteiger partial charge in [-0.15, -0.1) is 11.3 Å². The van der Waals surface area contributed by atoms with E-state index in [9.17, 15) is 0 Å². The molecule has 1 aromatic rings. The lowest BCUT2D eigenvalue weighted by Crippen LogP contribution is -2.29. The molecule has 0 amide bonds. The molecule has 2 rings (SSSR count). The van der Waals surface area contributed by atoms with Gasteiger partial charge in [-0.25, -0.2) is 4.98 Å². The molecule has 0 aliphatic carbocycles. The van der Waals surface area contributed by atoms with Crippen LogP contribution in [-0.2, 0) is 0 Å². The van der Waals surface area contributed by atoms with Gasteiger partial charge in [0, 0.05) is 24.0 Å². The Hall–Kier alpha value is -0.610. The molecule has 16 heavy (non-hydrogen) atoms. The zero-order valence-corrected chi connectivity index (χ0v) is 11.2. The first-order valence-corrected chi connectivity index (χ1v) is 6.93. The summed E-state index contributed by atoms with van der Waals surface area (Å²) in [4.78, 5) is 8.52. The second-order valence-electron chi connectivity index (χ2n) is 4.50. The van der Waals surface area contributed by atoms with Gasteiger partial charge in [0.15, 0.2) is 5.13 Å². The molecule has 1 aliphatic heterocycles. The van der Waals surface area contributed by atoms with Gasteiger partial charge >= 0.3 is 0 Å². The fraction of sp³-hybridized carbons (Fsp3) is 0.750. The number of aryl methyl sites for hydroxylation is 1. The first kappa shape index (κ1) is 11.9. The summed E-state index contributed by atoms with van der Waals surface area (Å²) >= 11 is 1.85. The zero-order valence-electron chi connectivity index (χ0n) is 10.4. The number of nitrogens with zero attached hydrogens (tertiary/aromatic N) is 2. The van der Waals surface area contributed by atoms with Crippen molar-refractivity contribution in [1.82, 2.24) is 10.3 Å². The van der Waals surface area contributed by atoms with Crippen molar-refractivity contribution in [2.45, 2.75) is 39.2 Å². The number of hydrogen-bond donors (Lipinski definition) is 1. The molecule has 3 nitrogen and oxygen atoms in total. The smallest absolute Gasteiger partial charge is 0.185 e. The van der Waals surface area contributed by atoms with Crippen molar-refractivity contribution in [1.29, 1.82) is 0 Å². The molecule has 0 aromatic carbocycles. The highest BCUT2D eigenvalue weighted by Gasteiger charge is 2.18. The molecule has 1 N–H and O–H groups in total. The van der Waals surface area contributed by atoms with Crippen LogP contribution in [0.3, 0.4) is 0 Å². The van der Waals surface area contributed by atoms with E-state index in [-0.39, 0.29) is 0 Å². The second-order valence-corrected chi connectivity index (χ2v) is 5.51. The molecule has 0 saturated carbocycles. The minimum absolute atomic E-state index is 0.413. The molecule has 0 bridgehead atoms. The van der Waals surface area contributed by atoms with Crippen molar-refractivity contribution >= 4 is 16.5 Å². The first-order chi connectivity index (χ1) is 7.72. The molecule has 1 aromatic heterocycles. The maximum absolute atomic E-state index is 4.71. The molecular weight excluding hydrogens is 218 g/mol. The van der Waals surface area contributed by atoms with Crippen LogP contribution in [0.15, 0.2) is 0 Å². The van der Waals surface area contributed by atoms with E-state index in [2.05, 4.69) is 24.1 Å². The van der Waals surface area contributed by atoms with Crippen LogP contribution in [0.2, 0.25) is 0 Å². The molecule has 2 heterocycles. The predicted molar refractivity (Wildman–Crippen MR) is 70.4 cm³/mol. The summed E-state index contributed by atoms with van der Waals surface area (Å²) in [6.45, 7) is 6.67. The number of nitrogens with one attached hydrogen (secondary N) is 1. The van der Waals surface area contributed by atoms with Gasteiger partial charge in [-0.05, 0) is 40.2 Å². The highest BCUT2D eigenvalue weighted by molar-refractivity contribution is 7.15. The van der Waals surface area contributed by atoms with Crippen LogP contribution < -0.4 is 10.2 Å². The molecule has 0 spiro atoms. The summed E-state index contributed by atoms with van der Waals surface area (Å²) in [5, 5.41) is 4.51. The normalized spacial score (nSPS) is 18.8. The third kappa shape index (κ3) is 2.38. The number of aromatic nitrogens is 1. The van der Waals surface area contributed by atoms with E-state index in [1.807, 2.05) is 18.4 Å². The van der Waals surface area contributed by atoms with Crippen molar-refractivity contribution in [3.63, 3.8) is 0 Å². The van der Waals surface area contributed by atoms with E-state index < -0.39 is 0 Å². The summed E-state index contributed by atoms with van der Waals surface area (Å²) in [7, 11) is 2.00. The van der Waals surface area contributed by atoms with E-state index in [1.165, 1.54) is 48.1 Å². The summed E-state index contributed by atoms with van der Waals surface area (Å²) in [6, 6.07) is 0.413. The van der Waals surface area contributed by atoms with Crippen molar-refractivity contribution in [2.24, 2.45) is 0 Å². The minimum Gasteiger partial charge on any atom is -0.348 e. The number of hydrogen-bond acceptors (Lipinski definition) is 4. The maximum Gasteiger partial charge on any atom is 0.185 e. The van der Waals surface area contributed by atoms with Crippen LogP contribution in [0.5, 0.6) is 0 Å². The number of thiazole rings is 1. The van der Waals surface area contributed by atoms with Gasteiger partial charge in [0.2, 0.25) is 0 Å². The Labute approximate surface area is 102 Å². The van der Waals surface area contributed by atoms with E-state index in [0.29, 0.717) is 6.04 Å². The van der Waals surface area contributed by atoms with Crippen LogP contribution in [0.4, 0.5) is 5.13 Å². The zero-order chi connectivity index (χ0) is 11.5. The minimum atomic E-state index is 0.413. The molecule has 1 aliphatic rings. The van der Waals surface area contributed by atoms with Crippen LogP contribution in [-0.4, -0.2) is 25.1 Å². The van der Waals surface area contributed by atoms with E-state index in [4.69, 9.17) is 4.98 Å². The fourth-order valence-electron chi connectivity index (χ4n) is 2.15. The van der Waals surface area contributed by atoms with Crippen molar-refractivity contribution in [2.75, 3.05) is 25.0 Å². The van der Waals surface area contributed by atoms with Gasteiger partial charge in [0.1, 0.15) is 0 Å². The molecule has 4 heteroatoms. The van der Waals surface area contributed by atoms with Crippen LogP contribution >= 0.6 is 11.3 Å². The molecule has 1 atom stereocenters. The van der Waals surface area contributed by atoms with Gasteiger partial charge in [-0.3, -0.25) is 0 Å².